The molecule has 154 valence electrons. The number of anilines is 2. The van der Waals surface area contributed by atoms with Crippen LogP contribution in [0.3, 0.4) is 0 Å². The average Bonchev–Trinajstić information content (AvgIpc) is 3.38. The van der Waals surface area contributed by atoms with Gasteiger partial charge in [0, 0.05) is 12.7 Å². The van der Waals surface area contributed by atoms with Crippen LogP contribution in [0.1, 0.15) is 25.7 Å². The molecule has 0 unspecified atom stereocenters. The highest BCUT2D eigenvalue weighted by molar-refractivity contribution is 5.76. The molecule has 3 N–H and O–H groups in total. The molecule has 1 aromatic carbocycles. The number of fused-ring (bicyclic) bond motifs is 1. The summed E-state index contributed by atoms with van der Waals surface area (Å²) in [6, 6.07) is 9.58. The second kappa shape index (κ2) is 7.75. The number of rotatable bonds is 5. The van der Waals surface area contributed by atoms with Crippen LogP contribution in [-0.4, -0.2) is 40.7 Å². The maximum atomic E-state index is 12.5. The smallest absolute Gasteiger partial charge is 0.263 e. The van der Waals surface area contributed by atoms with Gasteiger partial charge in [-0.3, -0.25) is 14.5 Å². The van der Waals surface area contributed by atoms with Crippen molar-refractivity contribution in [2.75, 3.05) is 5.32 Å². The number of aliphatic hydroxyl groups excluding tert-OH is 1. The van der Waals surface area contributed by atoms with E-state index in [-0.39, 0.29) is 11.7 Å². The highest BCUT2D eigenvalue weighted by atomic mass is 16.3. The highest BCUT2D eigenvalue weighted by Gasteiger charge is 2.20. The third kappa shape index (κ3) is 3.71. The van der Waals surface area contributed by atoms with Crippen molar-refractivity contribution in [3.05, 3.63) is 59.3 Å². The predicted octanol–water partition coefficient (Wildman–Crippen LogP) is 2.60. The first kappa shape index (κ1) is 18.6. The number of nitrogens with one attached hydrogen (secondary N) is 2. The van der Waals surface area contributed by atoms with E-state index in [0.717, 1.165) is 43.6 Å². The van der Waals surface area contributed by atoms with Crippen LogP contribution >= 0.6 is 0 Å². The monoisotopic (exact) mass is 405 g/mol. The van der Waals surface area contributed by atoms with Crippen LogP contribution in [0, 0.1) is 5.92 Å². The Bertz CT molecular complexity index is 1200. The summed E-state index contributed by atoms with van der Waals surface area (Å²) in [5.74, 6) is 0.862. The molecule has 5 rings (SSSR count). The number of hydrogen-bond acceptors (Lipinski definition) is 6. The summed E-state index contributed by atoms with van der Waals surface area (Å²) < 4.78 is 3.55. The van der Waals surface area contributed by atoms with Crippen LogP contribution in [-0.2, 0) is 6.54 Å². The number of nitrogens with zero attached hydrogens (tertiary/aromatic N) is 5. The molecule has 0 aliphatic heterocycles. The number of aromatic amines is 1. The van der Waals surface area contributed by atoms with Gasteiger partial charge in [0.1, 0.15) is 5.39 Å². The molecule has 9 nitrogen and oxygen atoms in total. The molecule has 0 saturated heterocycles. The molecular formula is C21H23N7O2. The van der Waals surface area contributed by atoms with Gasteiger partial charge in [-0.25, -0.2) is 4.68 Å². The maximum absolute atomic E-state index is 12.5. The van der Waals surface area contributed by atoms with E-state index in [2.05, 4.69) is 25.5 Å². The van der Waals surface area contributed by atoms with E-state index in [4.69, 9.17) is 0 Å². The number of hydrogen-bond donors (Lipinski definition) is 3. The Morgan fingerprint density at radius 3 is 2.70 bits per heavy atom. The second-order valence-corrected chi connectivity index (χ2v) is 7.79. The average molecular weight is 405 g/mol. The third-order valence-corrected chi connectivity index (χ3v) is 5.60. The van der Waals surface area contributed by atoms with Crippen LogP contribution in [0.15, 0.2) is 53.7 Å². The van der Waals surface area contributed by atoms with Gasteiger partial charge in [0.05, 0.1) is 29.9 Å². The molecule has 1 aliphatic carbocycles. The van der Waals surface area contributed by atoms with Crippen LogP contribution in [0.5, 0.6) is 0 Å². The lowest BCUT2D eigenvalue weighted by atomic mass is 9.87. The van der Waals surface area contributed by atoms with Crippen molar-refractivity contribution in [2.24, 2.45) is 5.92 Å². The molecule has 1 fully saturated rings. The van der Waals surface area contributed by atoms with E-state index < -0.39 is 0 Å². The Morgan fingerprint density at radius 1 is 1.10 bits per heavy atom. The fourth-order valence-electron chi connectivity index (χ4n) is 3.99. The molecule has 0 atom stereocenters. The Labute approximate surface area is 172 Å². The number of aromatic nitrogens is 6. The minimum Gasteiger partial charge on any atom is -0.393 e. The lowest BCUT2D eigenvalue weighted by molar-refractivity contribution is 0.103. The zero-order valence-corrected chi connectivity index (χ0v) is 16.4. The molecule has 3 heterocycles. The van der Waals surface area contributed by atoms with Crippen molar-refractivity contribution in [2.45, 2.75) is 38.3 Å². The van der Waals surface area contributed by atoms with E-state index in [1.165, 1.54) is 6.20 Å². The standard InChI is InChI=1S/C21H23N7O2/c29-17-8-6-14(7-9-17)12-27-13-15(10-22-27)24-21-25-19-18(20(30)26-21)11-23-28(19)16-4-2-1-3-5-16/h1-5,10-11,13-14,17,29H,6-9,12H2,(H2,24,25,26,30). The zero-order chi connectivity index (χ0) is 20.5. The quantitative estimate of drug-likeness (QED) is 0.470. The Balaban J connectivity index is 1.37. The number of aliphatic hydroxyl groups is 1. The van der Waals surface area contributed by atoms with Gasteiger partial charge in [0.15, 0.2) is 5.65 Å². The fraction of sp³-hybridized carbons (Fsp3) is 0.333. The number of H-pyrrole nitrogens is 1. The van der Waals surface area contributed by atoms with Crippen LogP contribution in [0.2, 0.25) is 0 Å². The Kier molecular flexibility index (Phi) is 4.80. The molecule has 30 heavy (non-hydrogen) atoms. The van der Waals surface area contributed by atoms with Gasteiger partial charge in [0.2, 0.25) is 5.95 Å². The lowest BCUT2D eigenvalue weighted by Gasteiger charge is -2.25. The van der Waals surface area contributed by atoms with Crippen molar-refractivity contribution in [3.63, 3.8) is 0 Å². The topological polar surface area (TPSA) is 114 Å². The van der Waals surface area contributed by atoms with Crippen molar-refractivity contribution in [3.8, 4) is 5.69 Å². The van der Waals surface area contributed by atoms with E-state index in [0.29, 0.717) is 22.9 Å². The molecule has 0 radical (unpaired) electrons. The van der Waals surface area contributed by atoms with Gasteiger partial charge < -0.3 is 10.4 Å². The molecular weight excluding hydrogens is 382 g/mol. The summed E-state index contributed by atoms with van der Waals surface area (Å²) in [5, 5.41) is 22.0. The Hall–Kier alpha value is -3.46. The van der Waals surface area contributed by atoms with E-state index in [1.54, 1.807) is 10.9 Å². The molecule has 0 amide bonds. The van der Waals surface area contributed by atoms with Crippen LogP contribution in [0.4, 0.5) is 11.6 Å². The lowest BCUT2D eigenvalue weighted by Crippen LogP contribution is -2.21. The molecule has 1 saturated carbocycles. The Morgan fingerprint density at radius 2 is 1.90 bits per heavy atom. The minimum atomic E-state index is -0.252. The van der Waals surface area contributed by atoms with Gasteiger partial charge in [-0.05, 0) is 43.7 Å². The van der Waals surface area contributed by atoms with Gasteiger partial charge in [0.25, 0.3) is 5.56 Å². The van der Waals surface area contributed by atoms with Crippen LogP contribution < -0.4 is 10.9 Å². The summed E-state index contributed by atoms with van der Waals surface area (Å²) in [6.45, 7) is 0.818. The van der Waals surface area contributed by atoms with Crippen molar-refractivity contribution >= 4 is 22.7 Å². The maximum Gasteiger partial charge on any atom is 0.263 e. The zero-order valence-electron chi connectivity index (χ0n) is 16.4. The second-order valence-electron chi connectivity index (χ2n) is 7.79. The normalized spacial score (nSPS) is 19.2. The largest absolute Gasteiger partial charge is 0.393 e. The van der Waals surface area contributed by atoms with Crippen molar-refractivity contribution < 1.29 is 5.11 Å². The van der Waals surface area contributed by atoms with Crippen molar-refractivity contribution in [1.82, 2.24) is 29.5 Å². The number of benzene rings is 1. The van der Waals surface area contributed by atoms with E-state index in [1.807, 2.05) is 41.2 Å². The molecule has 0 spiro atoms. The first-order chi connectivity index (χ1) is 14.7. The van der Waals surface area contributed by atoms with Gasteiger partial charge in [-0.1, -0.05) is 18.2 Å². The van der Waals surface area contributed by atoms with Gasteiger partial charge in [-0.15, -0.1) is 0 Å². The molecule has 1 aliphatic rings. The molecule has 0 bridgehead atoms. The molecule has 4 aromatic rings. The summed E-state index contributed by atoms with van der Waals surface area (Å²) in [6.07, 6.45) is 8.74. The summed E-state index contributed by atoms with van der Waals surface area (Å²) in [7, 11) is 0. The predicted molar refractivity (Wildman–Crippen MR) is 113 cm³/mol. The number of para-hydroxylation sites is 1. The van der Waals surface area contributed by atoms with Crippen LogP contribution in [0.25, 0.3) is 16.7 Å². The summed E-state index contributed by atoms with van der Waals surface area (Å²) >= 11 is 0. The minimum absolute atomic E-state index is 0.154. The third-order valence-electron chi connectivity index (χ3n) is 5.60. The van der Waals surface area contributed by atoms with E-state index in [9.17, 15) is 9.90 Å². The fourth-order valence-corrected chi connectivity index (χ4v) is 3.99. The van der Waals surface area contributed by atoms with Gasteiger partial charge in [-0.2, -0.15) is 15.2 Å². The summed E-state index contributed by atoms with van der Waals surface area (Å²) in [4.78, 5) is 19.8. The highest BCUT2D eigenvalue weighted by Crippen LogP contribution is 2.26. The molecule has 3 aromatic heterocycles. The van der Waals surface area contributed by atoms with Gasteiger partial charge >= 0.3 is 0 Å². The van der Waals surface area contributed by atoms with E-state index >= 15 is 0 Å². The first-order valence-electron chi connectivity index (χ1n) is 10.2. The summed E-state index contributed by atoms with van der Waals surface area (Å²) in [5.41, 5.74) is 1.82. The SMILES string of the molecule is O=c1[nH]c(Nc2cnn(CC3CCC(O)CC3)c2)nc2c1cnn2-c1ccccc1. The van der Waals surface area contributed by atoms with Crippen molar-refractivity contribution in [1.29, 1.82) is 0 Å². The molecule has 9 heteroatoms. The first-order valence-corrected chi connectivity index (χ1v) is 10.2.